The Labute approximate surface area is 157 Å². The summed E-state index contributed by atoms with van der Waals surface area (Å²) in [7, 11) is 3.22. The van der Waals surface area contributed by atoms with Crippen LogP contribution in [0, 0.1) is 0 Å². The van der Waals surface area contributed by atoms with Gasteiger partial charge in [0.1, 0.15) is 11.5 Å². The van der Waals surface area contributed by atoms with Crippen LogP contribution in [0.3, 0.4) is 0 Å². The number of carbonyl (C=O) groups is 1. The Bertz CT molecular complexity index is 896. The van der Waals surface area contributed by atoms with Crippen molar-refractivity contribution in [2.24, 2.45) is 0 Å². The van der Waals surface area contributed by atoms with Crippen molar-refractivity contribution in [3.63, 3.8) is 0 Å². The molecule has 0 aliphatic rings. The first-order chi connectivity index (χ1) is 13.2. The number of nitrogens with zero attached hydrogens (tertiary/aromatic N) is 2. The number of aromatic nitrogens is 2. The van der Waals surface area contributed by atoms with Gasteiger partial charge < -0.3 is 20.1 Å². The van der Waals surface area contributed by atoms with E-state index in [0.29, 0.717) is 23.7 Å². The number of methoxy groups -OCH3 is 2. The molecule has 0 fully saturated rings. The van der Waals surface area contributed by atoms with Gasteiger partial charge in [-0.3, -0.25) is 4.79 Å². The molecule has 0 radical (unpaired) electrons. The van der Waals surface area contributed by atoms with Crippen LogP contribution in [0.15, 0.2) is 60.9 Å². The molecular weight excluding hydrogens is 344 g/mol. The third-order valence-corrected chi connectivity index (χ3v) is 3.89. The molecular formula is C20H20N4O3. The lowest BCUT2D eigenvalue weighted by molar-refractivity contribution is 0.102. The quantitative estimate of drug-likeness (QED) is 0.669. The molecule has 0 saturated carbocycles. The van der Waals surface area contributed by atoms with Gasteiger partial charge in [0, 0.05) is 30.2 Å². The molecule has 1 aromatic heterocycles. The van der Waals surface area contributed by atoms with Crippen LogP contribution in [0.25, 0.3) is 0 Å². The van der Waals surface area contributed by atoms with Gasteiger partial charge in [-0.2, -0.15) is 0 Å². The Balaban J connectivity index is 1.59. The van der Waals surface area contributed by atoms with Gasteiger partial charge in [-0.15, -0.1) is 0 Å². The molecule has 0 atom stereocenters. The van der Waals surface area contributed by atoms with E-state index in [0.717, 1.165) is 17.1 Å². The summed E-state index contributed by atoms with van der Waals surface area (Å²) < 4.78 is 10.4. The summed E-state index contributed by atoms with van der Waals surface area (Å²) in [5.41, 5.74) is 2.03. The third-order valence-electron chi connectivity index (χ3n) is 3.89. The van der Waals surface area contributed by atoms with Crippen molar-refractivity contribution in [1.82, 2.24) is 9.97 Å². The summed E-state index contributed by atoms with van der Waals surface area (Å²) in [6.45, 7) is 0.515. The van der Waals surface area contributed by atoms with Crippen LogP contribution >= 0.6 is 0 Å². The summed E-state index contributed by atoms with van der Waals surface area (Å²) in [4.78, 5) is 20.7. The van der Waals surface area contributed by atoms with E-state index in [1.165, 1.54) is 12.4 Å². The highest BCUT2D eigenvalue weighted by Gasteiger charge is 2.08. The van der Waals surface area contributed by atoms with Crippen molar-refractivity contribution < 1.29 is 14.3 Å². The average Bonchev–Trinajstić information content (AvgIpc) is 2.73. The van der Waals surface area contributed by atoms with Crippen molar-refractivity contribution in [3.05, 3.63) is 72.1 Å². The molecule has 3 rings (SSSR count). The van der Waals surface area contributed by atoms with Crippen molar-refractivity contribution >= 4 is 17.5 Å². The number of rotatable bonds is 7. The zero-order valence-electron chi connectivity index (χ0n) is 15.1. The number of hydrogen-bond donors (Lipinski definition) is 2. The van der Waals surface area contributed by atoms with Crippen LogP contribution in [0.5, 0.6) is 11.5 Å². The van der Waals surface area contributed by atoms with Crippen LogP contribution < -0.4 is 20.1 Å². The first kappa shape index (κ1) is 18.2. The molecule has 0 spiro atoms. The van der Waals surface area contributed by atoms with E-state index in [1.54, 1.807) is 38.5 Å². The largest absolute Gasteiger partial charge is 0.497 e. The van der Waals surface area contributed by atoms with Crippen molar-refractivity contribution in [2.45, 2.75) is 6.54 Å². The van der Waals surface area contributed by atoms with E-state index in [1.807, 2.05) is 24.3 Å². The third kappa shape index (κ3) is 4.72. The van der Waals surface area contributed by atoms with Crippen LogP contribution in [0.2, 0.25) is 0 Å². The second-order valence-electron chi connectivity index (χ2n) is 5.64. The van der Waals surface area contributed by atoms with E-state index in [-0.39, 0.29) is 5.91 Å². The van der Waals surface area contributed by atoms with Gasteiger partial charge in [-0.25, -0.2) is 9.97 Å². The van der Waals surface area contributed by atoms with Gasteiger partial charge in [0.15, 0.2) is 0 Å². The van der Waals surface area contributed by atoms with E-state index in [4.69, 9.17) is 9.47 Å². The number of anilines is 2. The summed E-state index contributed by atoms with van der Waals surface area (Å²) >= 11 is 0. The van der Waals surface area contributed by atoms with E-state index < -0.39 is 0 Å². The smallest absolute Gasteiger partial charge is 0.258 e. The Morgan fingerprint density at radius 3 is 2.33 bits per heavy atom. The minimum absolute atomic E-state index is 0.281. The van der Waals surface area contributed by atoms with Crippen LogP contribution in [0.4, 0.5) is 11.6 Å². The standard InChI is InChI=1S/C20H20N4O3/c1-26-17-9-7-16(8-10-17)24-19(25)15-12-22-20(23-13-15)21-11-14-5-3-4-6-18(14)27-2/h3-10,12-13H,11H2,1-2H3,(H,24,25)(H,21,22,23). The van der Waals surface area contributed by atoms with Gasteiger partial charge in [-0.1, -0.05) is 18.2 Å². The number of ether oxygens (including phenoxy) is 2. The van der Waals surface area contributed by atoms with E-state index in [9.17, 15) is 4.79 Å². The molecule has 27 heavy (non-hydrogen) atoms. The second kappa shape index (κ2) is 8.66. The number of carbonyl (C=O) groups excluding carboxylic acids is 1. The van der Waals surface area contributed by atoms with Crippen molar-refractivity contribution in [3.8, 4) is 11.5 Å². The minimum Gasteiger partial charge on any atom is -0.497 e. The maximum atomic E-state index is 12.3. The van der Waals surface area contributed by atoms with E-state index >= 15 is 0 Å². The first-order valence-corrected chi connectivity index (χ1v) is 8.33. The zero-order chi connectivity index (χ0) is 19.1. The topological polar surface area (TPSA) is 85.4 Å². The number of para-hydroxylation sites is 1. The fraction of sp³-hybridized carbons (Fsp3) is 0.150. The SMILES string of the molecule is COc1ccc(NC(=O)c2cnc(NCc3ccccc3OC)nc2)cc1. The second-order valence-corrected chi connectivity index (χ2v) is 5.64. The Hall–Kier alpha value is -3.61. The molecule has 0 aliphatic carbocycles. The van der Waals surface area contributed by atoms with Crippen LogP contribution in [0.1, 0.15) is 15.9 Å². The van der Waals surface area contributed by atoms with Gasteiger partial charge >= 0.3 is 0 Å². The molecule has 138 valence electrons. The Morgan fingerprint density at radius 2 is 1.67 bits per heavy atom. The number of benzene rings is 2. The maximum absolute atomic E-state index is 12.3. The molecule has 3 aromatic rings. The lowest BCUT2D eigenvalue weighted by Crippen LogP contribution is -2.13. The lowest BCUT2D eigenvalue weighted by atomic mass is 10.2. The molecule has 0 saturated heterocycles. The molecule has 2 aromatic carbocycles. The fourth-order valence-corrected chi connectivity index (χ4v) is 2.44. The molecule has 2 N–H and O–H groups in total. The van der Waals surface area contributed by atoms with Gasteiger partial charge in [0.05, 0.1) is 19.8 Å². The molecule has 1 amide bonds. The fourth-order valence-electron chi connectivity index (χ4n) is 2.44. The predicted molar refractivity (Wildman–Crippen MR) is 103 cm³/mol. The Kier molecular flexibility index (Phi) is 5.84. The Morgan fingerprint density at radius 1 is 0.963 bits per heavy atom. The highest BCUT2D eigenvalue weighted by molar-refractivity contribution is 6.03. The highest BCUT2D eigenvalue weighted by atomic mass is 16.5. The molecule has 1 heterocycles. The highest BCUT2D eigenvalue weighted by Crippen LogP contribution is 2.18. The average molecular weight is 364 g/mol. The molecule has 7 nitrogen and oxygen atoms in total. The first-order valence-electron chi connectivity index (χ1n) is 8.33. The molecule has 7 heteroatoms. The van der Waals surface area contributed by atoms with Crippen LogP contribution in [-0.4, -0.2) is 30.1 Å². The number of amides is 1. The number of nitrogens with one attached hydrogen (secondary N) is 2. The van der Waals surface area contributed by atoms with E-state index in [2.05, 4.69) is 20.6 Å². The van der Waals surface area contributed by atoms with Crippen molar-refractivity contribution in [1.29, 1.82) is 0 Å². The van der Waals surface area contributed by atoms with Gasteiger partial charge in [0.25, 0.3) is 5.91 Å². The normalized spacial score (nSPS) is 10.1. The molecule has 0 unspecified atom stereocenters. The molecule has 0 aliphatic heterocycles. The summed E-state index contributed by atoms with van der Waals surface area (Å²) in [5, 5.41) is 5.91. The van der Waals surface area contributed by atoms with Gasteiger partial charge in [-0.05, 0) is 30.3 Å². The van der Waals surface area contributed by atoms with Gasteiger partial charge in [0.2, 0.25) is 5.95 Å². The summed E-state index contributed by atoms with van der Waals surface area (Å²) in [5.74, 6) is 1.67. The summed E-state index contributed by atoms with van der Waals surface area (Å²) in [6.07, 6.45) is 2.97. The zero-order valence-corrected chi connectivity index (χ0v) is 15.1. The predicted octanol–water partition coefficient (Wildman–Crippen LogP) is 3.36. The monoisotopic (exact) mass is 364 g/mol. The van der Waals surface area contributed by atoms with Crippen molar-refractivity contribution in [2.75, 3.05) is 24.9 Å². The molecule has 0 bridgehead atoms. The lowest BCUT2D eigenvalue weighted by Gasteiger charge is -2.10. The van der Waals surface area contributed by atoms with Crippen LogP contribution in [-0.2, 0) is 6.54 Å². The summed E-state index contributed by atoms with van der Waals surface area (Å²) in [6, 6.07) is 14.8. The minimum atomic E-state index is -0.281. The maximum Gasteiger partial charge on any atom is 0.258 e. The number of hydrogen-bond acceptors (Lipinski definition) is 6.